The lowest BCUT2D eigenvalue weighted by Crippen LogP contribution is -2.28. The van der Waals surface area contributed by atoms with Crippen LogP contribution in [0, 0.1) is 0 Å². The van der Waals surface area contributed by atoms with E-state index < -0.39 is 39.0 Å². The van der Waals surface area contributed by atoms with Crippen LogP contribution in [0.5, 0.6) is 11.5 Å². The van der Waals surface area contributed by atoms with Crippen molar-refractivity contribution in [2.45, 2.75) is 17.2 Å². The average Bonchev–Trinajstić information content (AvgIpc) is 3.18. The van der Waals surface area contributed by atoms with Gasteiger partial charge in [-0.15, -0.1) is 0 Å². The van der Waals surface area contributed by atoms with Crippen molar-refractivity contribution >= 4 is 21.7 Å². The van der Waals surface area contributed by atoms with Crippen molar-refractivity contribution in [2.24, 2.45) is 0 Å². The van der Waals surface area contributed by atoms with E-state index in [1.165, 1.54) is 0 Å². The number of carbonyl (C=O) groups excluding carboxylic acids is 2. The third-order valence-electron chi connectivity index (χ3n) is 3.91. The number of nitrogens with one attached hydrogen (secondary N) is 1. The van der Waals surface area contributed by atoms with Gasteiger partial charge in [0.25, 0.3) is 5.91 Å². The van der Waals surface area contributed by atoms with Crippen LogP contribution in [-0.2, 0) is 25.9 Å². The van der Waals surface area contributed by atoms with Gasteiger partial charge in [-0.25, -0.2) is 13.2 Å². The van der Waals surface area contributed by atoms with Crippen molar-refractivity contribution in [3.05, 3.63) is 53.6 Å². The number of fused-ring (bicyclic) bond motifs is 1. The Morgan fingerprint density at radius 3 is 2.45 bits per heavy atom. The molecule has 0 radical (unpaired) electrons. The highest BCUT2D eigenvalue weighted by atomic mass is 32.2. The number of rotatable bonds is 7. The summed E-state index contributed by atoms with van der Waals surface area (Å²) in [6.07, 6.45) is 0. The van der Waals surface area contributed by atoms with Crippen LogP contribution in [0.2, 0.25) is 0 Å². The van der Waals surface area contributed by atoms with Gasteiger partial charge in [-0.05, 0) is 42.0 Å². The maximum absolute atomic E-state index is 12.5. The molecule has 2 aromatic carbocycles. The number of carbonyl (C=O) groups is 2. The van der Waals surface area contributed by atoms with Crippen LogP contribution in [-0.4, -0.2) is 39.5 Å². The highest BCUT2D eigenvalue weighted by molar-refractivity contribution is 7.91. The topological polar surface area (TPSA) is 108 Å². The van der Waals surface area contributed by atoms with E-state index in [-0.39, 0.29) is 18.9 Å². The summed E-state index contributed by atoms with van der Waals surface area (Å²) < 4.78 is 62.9. The molecule has 0 fully saturated rings. The maximum atomic E-state index is 12.5. The lowest BCUT2D eigenvalue weighted by Gasteiger charge is -2.08. The average molecular weight is 427 g/mol. The highest BCUT2D eigenvalue weighted by Crippen LogP contribution is 2.32. The third kappa shape index (κ3) is 4.80. The maximum Gasteiger partial charge on any atom is 0.341 e. The molecule has 0 saturated carbocycles. The molecule has 0 aromatic heterocycles. The predicted molar refractivity (Wildman–Crippen MR) is 94.3 cm³/mol. The van der Waals surface area contributed by atoms with Gasteiger partial charge in [0.1, 0.15) is 0 Å². The zero-order valence-corrected chi connectivity index (χ0v) is 15.6. The van der Waals surface area contributed by atoms with Crippen molar-refractivity contribution in [1.29, 1.82) is 0 Å². The Morgan fingerprint density at radius 1 is 1.07 bits per heavy atom. The Balaban J connectivity index is 1.49. The van der Waals surface area contributed by atoms with Crippen molar-refractivity contribution in [2.75, 3.05) is 13.4 Å². The van der Waals surface area contributed by atoms with E-state index in [0.717, 1.165) is 29.8 Å². The second kappa shape index (κ2) is 8.43. The van der Waals surface area contributed by atoms with Crippen molar-refractivity contribution in [3.63, 3.8) is 0 Å². The second-order valence-corrected chi connectivity index (χ2v) is 7.79. The van der Waals surface area contributed by atoms with E-state index in [2.05, 4.69) is 5.32 Å². The Bertz CT molecular complexity index is 1020. The summed E-state index contributed by atoms with van der Waals surface area (Å²) in [4.78, 5) is 23.1. The van der Waals surface area contributed by atoms with Gasteiger partial charge in [-0.1, -0.05) is 6.07 Å². The smallest absolute Gasteiger partial charge is 0.341 e. The molecule has 1 amide bonds. The molecule has 0 saturated heterocycles. The first-order valence-corrected chi connectivity index (χ1v) is 9.76. The van der Waals surface area contributed by atoms with Gasteiger partial charge in [0, 0.05) is 6.54 Å². The fraction of sp³-hybridized carbons (Fsp3) is 0.222. The Morgan fingerprint density at radius 2 is 1.76 bits per heavy atom. The van der Waals surface area contributed by atoms with E-state index in [4.69, 9.17) is 14.2 Å². The zero-order valence-electron chi connectivity index (χ0n) is 14.8. The molecule has 0 spiro atoms. The first-order chi connectivity index (χ1) is 13.8. The number of alkyl halides is 2. The van der Waals surface area contributed by atoms with Gasteiger partial charge in [0.2, 0.25) is 16.6 Å². The normalized spacial score (nSPS) is 12.7. The van der Waals surface area contributed by atoms with Crippen LogP contribution in [0.4, 0.5) is 8.78 Å². The third-order valence-corrected chi connectivity index (χ3v) is 5.31. The van der Waals surface area contributed by atoms with Crippen molar-refractivity contribution in [3.8, 4) is 11.5 Å². The summed E-state index contributed by atoms with van der Waals surface area (Å²) in [6.45, 7) is -0.260. The van der Waals surface area contributed by atoms with Gasteiger partial charge in [-0.2, -0.15) is 8.78 Å². The number of hydrogen-bond acceptors (Lipinski definition) is 7. The minimum atomic E-state index is -4.75. The molecule has 29 heavy (non-hydrogen) atoms. The van der Waals surface area contributed by atoms with Gasteiger partial charge < -0.3 is 19.5 Å². The van der Waals surface area contributed by atoms with Gasteiger partial charge in [0.15, 0.2) is 18.1 Å². The fourth-order valence-electron chi connectivity index (χ4n) is 2.40. The monoisotopic (exact) mass is 427 g/mol. The predicted octanol–water partition coefficient (Wildman–Crippen LogP) is 1.88. The van der Waals surface area contributed by atoms with E-state index >= 15 is 0 Å². The summed E-state index contributed by atoms with van der Waals surface area (Å²) in [6, 6.07) is 8.97. The molecule has 1 aliphatic heterocycles. The molecule has 8 nitrogen and oxygen atoms in total. The van der Waals surface area contributed by atoms with Crippen molar-refractivity contribution < 1.29 is 41.0 Å². The highest BCUT2D eigenvalue weighted by Gasteiger charge is 2.26. The van der Waals surface area contributed by atoms with Crippen molar-refractivity contribution in [1.82, 2.24) is 5.32 Å². The van der Waals surface area contributed by atoms with E-state index in [9.17, 15) is 26.8 Å². The van der Waals surface area contributed by atoms with Gasteiger partial charge in [-0.3, -0.25) is 4.79 Å². The van der Waals surface area contributed by atoms with E-state index in [1.807, 2.05) is 0 Å². The SMILES string of the molecule is O=C(COC(=O)c1ccc(S(=O)(=O)C(F)F)cc1)NCc1ccc2c(c1)OCO2. The molecule has 1 aliphatic rings. The lowest BCUT2D eigenvalue weighted by molar-refractivity contribution is -0.124. The number of sulfone groups is 1. The van der Waals surface area contributed by atoms with Crippen LogP contribution in [0.15, 0.2) is 47.4 Å². The Kier molecular flexibility index (Phi) is 5.97. The Hall–Kier alpha value is -3.21. The second-order valence-electron chi connectivity index (χ2n) is 5.87. The molecular formula is C18H15F2NO7S. The molecule has 0 bridgehead atoms. The van der Waals surface area contributed by atoms with Crippen LogP contribution < -0.4 is 14.8 Å². The molecule has 0 unspecified atom stereocenters. The fourth-order valence-corrected chi connectivity index (χ4v) is 3.12. The molecular weight excluding hydrogens is 412 g/mol. The summed E-state index contributed by atoms with van der Waals surface area (Å²) >= 11 is 0. The standard InChI is InChI=1S/C18H15F2NO7S/c19-18(20)29(24,25)13-4-2-12(3-5-13)17(23)26-9-16(22)21-8-11-1-6-14-15(7-11)28-10-27-14/h1-7,18H,8-10H2,(H,21,22). The molecule has 154 valence electrons. The Labute approximate surface area is 164 Å². The molecule has 1 heterocycles. The van der Waals surface area contributed by atoms with E-state index in [0.29, 0.717) is 11.5 Å². The number of halogens is 2. The molecule has 11 heteroatoms. The molecule has 1 N–H and O–H groups in total. The minimum Gasteiger partial charge on any atom is -0.454 e. The summed E-state index contributed by atoms with van der Waals surface area (Å²) in [5, 5.41) is 2.56. The van der Waals surface area contributed by atoms with Crippen LogP contribution in [0.25, 0.3) is 0 Å². The van der Waals surface area contributed by atoms with E-state index in [1.54, 1.807) is 18.2 Å². The van der Waals surface area contributed by atoms with Crippen LogP contribution in [0.3, 0.4) is 0 Å². The largest absolute Gasteiger partial charge is 0.454 e. The van der Waals surface area contributed by atoms with Crippen LogP contribution >= 0.6 is 0 Å². The minimum absolute atomic E-state index is 0.0817. The lowest BCUT2D eigenvalue weighted by atomic mass is 10.2. The zero-order chi connectivity index (χ0) is 21.0. The summed E-state index contributed by atoms with van der Waals surface area (Å²) in [7, 11) is -4.75. The number of esters is 1. The molecule has 0 aliphatic carbocycles. The summed E-state index contributed by atoms with van der Waals surface area (Å²) in [5.41, 5.74) is 0.673. The quantitative estimate of drug-likeness (QED) is 0.672. The van der Waals surface area contributed by atoms with Crippen LogP contribution in [0.1, 0.15) is 15.9 Å². The first-order valence-electron chi connectivity index (χ1n) is 8.22. The number of hydrogen-bond donors (Lipinski definition) is 1. The number of benzene rings is 2. The van der Waals surface area contributed by atoms with Gasteiger partial charge >= 0.3 is 11.7 Å². The molecule has 0 atom stereocenters. The number of ether oxygens (including phenoxy) is 3. The summed E-state index contributed by atoms with van der Waals surface area (Å²) in [5.74, 6) is -3.84. The number of amides is 1. The first kappa shape index (κ1) is 20.5. The molecule has 2 aromatic rings. The molecule has 3 rings (SSSR count). The van der Waals surface area contributed by atoms with Gasteiger partial charge in [0.05, 0.1) is 10.5 Å².